The fourth-order valence-corrected chi connectivity index (χ4v) is 1.82. The van der Waals surface area contributed by atoms with Crippen LogP contribution < -0.4 is 10.2 Å². The molecule has 0 unspecified atom stereocenters. The third kappa shape index (κ3) is 4.42. The lowest BCUT2D eigenvalue weighted by Crippen LogP contribution is -2.25. The van der Waals surface area contributed by atoms with Crippen LogP contribution in [0.15, 0.2) is 47.7 Å². The van der Waals surface area contributed by atoms with Gasteiger partial charge in [0.25, 0.3) is 5.91 Å². The van der Waals surface area contributed by atoms with Gasteiger partial charge >= 0.3 is 0 Å². The van der Waals surface area contributed by atoms with Gasteiger partial charge in [0.05, 0.1) is 11.9 Å². The van der Waals surface area contributed by atoms with Gasteiger partial charge in [0.1, 0.15) is 5.75 Å². The number of amides is 1. The molecule has 0 radical (unpaired) electrons. The molecule has 0 spiro atoms. The number of hydrogen-bond donors (Lipinski definition) is 1. The van der Waals surface area contributed by atoms with E-state index < -0.39 is 0 Å². The van der Waals surface area contributed by atoms with E-state index >= 15 is 0 Å². The molecule has 1 amide bonds. The van der Waals surface area contributed by atoms with E-state index in [2.05, 4.69) is 15.5 Å². The monoisotopic (exact) mass is 283 g/mol. The van der Waals surface area contributed by atoms with Crippen molar-refractivity contribution >= 4 is 12.1 Å². The van der Waals surface area contributed by atoms with Crippen molar-refractivity contribution in [2.45, 2.75) is 13.8 Å². The highest BCUT2D eigenvalue weighted by molar-refractivity contribution is 5.81. The van der Waals surface area contributed by atoms with Gasteiger partial charge in [-0.25, -0.2) is 5.43 Å². The summed E-state index contributed by atoms with van der Waals surface area (Å²) in [7, 11) is 0. The summed E-state index contributed by atoms with van der Waals surface area (Å²) < 4.78 is 5.53. The maximum atomic E-state index is 11.7. The fraction of sp³-hybridized carbons (Fsp3) is 0.188. The number of benzene rings is 1. The fourth-order valence-electron chi connectivity index (χ4n) is 1.82. The number of ether oxygens (including phenoxy) is 1. The summed E-state index contributed by atoms with van der Waals surface area (Å²) in [6.07, 6.45) is 3.14. The standard InChI is InChI=1S/C16H17N3O2/c1-12-6-5-7-13(2)16(12)21-11-15(20)19-18-10-14-8-3-4-9-17-14/h3-10H,11H2,1-2H3,(H,19,20). The molecule has 0 aliphatic rings. The lowest BCUT2D eigenvalue weighted by atomic mass is 10.1. The van der Waals surface area contributed by atoms with Crippen LogP contribution in [0.4, 0.5) is 0 Å². The topological polar surface area (TPSA) is 63.6 Å². The van der Waals surface area contributed by atoms with Gasteiger partial charge in [0.2, 0.25) is 0 Å². The largest absolute Gasteiger partial charge is 0.483 e. The lowest BCUT2D eigenvalue weighted by molar-refractivity contribution is -0.123. The smallest absolute Gasteiger partial charge is 0.277 e. The van der Waals surface area contributed by atoms with Crippen LogP contribution in [-0.4, -0.2) is 23.7 Å². The lowest BCUT2D eigenvalue weighted by Gasteiger charge is -2.10. The Morgan fingerprint density at radius 2 is 2.00 bits per heavy atom. The summed E-state index contributed by atoms with van der Waals surface area (Å²) in [5.74, 6) is 0.422. The number of rotatable bonds is 5. The van der Waals surface area contributed by atoms with Gasteiger partial charge in [-0.2, -0.15) is 5.10 Å². The Morgan fingerprint density at radius 3 is 2.67 bits per heavy atom. The first-order valence-electron chi connectivity index (χ1n) is 6.59. The maximum Gasteiger partial charge on any atom is 0.277 e. The Kier molecular flexibility index (Phi) is 5.04. The summed E-state index contributed by atoms with van der Waals surface area (Å²) in [5, 5.41) is 3.83. The maximum absolute atomic E-state index is 11.7. The Bertz CT molecular complexity index is 619. The number of aromatic nitrogens is 1. The first-order chi connectivity index (χ1) is 10.2. The van der Waals surface area contributed by atoms with Gasteiger partial charge in [-0.1, -0.05) is 24.3 Å². The molecule has 0 fully saturated rings. The molecule has 108 valence electrons. The number of aryl methyl sites for hydroxylation is 2. The summed E-state index contributed by atoms with van der Waals surface area (Å²) >= 11 is 0. The van der Waals surface area contributed by atoms with Crippen LogP contribution in [0.25, 0.3) is 0 Å². The SMILES string of the molecule is Cc1cccc(C)c1OCC(=O)NN=Cc1ccccn1. The second-order valence-corrected chi connectivity index (χ2v) is 4.56. The summed E-state index contributed by atoms with van der Waals surface area (Å²) in [4.78, 5) is 15.7. The van der Waals surface area contributed by atoms with E-state index in [0.717, 1.165) is 16.9 Å². The minimum absolute atomic E-state index is 0.0781. The zero-order valence-electron chi connectivity index (χ0n) is 12.0. The van der Waals surface area contributed by atoms with Gasteiger partial charge in [-0.15, -0.1) is 0 Å². The summed E-state index contributed by atoms with van der Waals surface area (Å²) in [6, 6.07) is 11.3. The number of hydrazone groups is 1. The minimum atomic E-state index is -0.315. The molecular weight excluding hydrogens is 266 g/mol. The Hall–Kier alpha value is -2.69. The Balaban J connectivity index is 1.84. The normalized spacial score (nSPS) is 10.6. The first-order valence-corrected chi connectivity index (χ1v) is 6.59. The second-order valence-electron chi connectivity index (χ2n) is 4.56. The quantitative estimate of drug-likeness (QED) is 0.676. The van der Waals surface area contributed by atoms with Gasteiger partial charge in [-0.05, 0) is 37.1 Å². The molecule has 2 aromatic rings. The number of hydrogen-bond acceptors (Lipinski definition) is 4. The molecule has 1 heterocycles. The molecule has 0 bridgehead atoms. The molecule has 0 saturated carbocycles. The van der Waals surface area contributed by atoms with Gasteiger partial charge < -0.3 is 4.74 Å². The Labute approximate surface area is 123 Å². The van der Waals surface area contributed by atoms with E-state index in [-0.39, 0.29) is 12.5 Å². The number of para-hydroxylation sites is 1. The molecule has 0 aliphatic carbocycles. The molecule has 5 nitrogen and oxygen atoms in total. The van der Waals surface area contributed by atoms with Crippen LogP contribution in [0.2, 0.25) is 0 Å². The Morgan fingerprint density at radius 1 is 1.24 bits per heavy atom. The molecule has 0 atom stereocenters. The predicted octanol–water partition coefficient (Wildman–Crippen LogP) is 2.23. The van der Waals surface area contributed by atoms with E-state index in [1.807, 2.05) is 44.2 Å². The van der Waals surface area contributed by atoms with Crippen LogP contribution in [0, 0.1) is 13.8 Å². The number of carbonyl (C=O) groups is 1. The van der Waals surface area contributed by atoms with Crippen molar-refractivity contribution in [1.29, 1.82) is 0 Å². The zero-order chi connectivity index (χ0) is 15.1. The number of carbonyl (C=O) groups excluding carboxylic acids is 1. The van der Waals surface area contributed by atoms with Gasteiger partial charge in [-0.3, -0.25) is 9.78 Å². The van der Waals surface area contributed by atoms with Crippen molar-refractivity contribution in [2.24, 2.45) is 5.10 Å². The van der Waals surface area contributed by atoms with Crippen LogP contribution >= 0.6 is 0 Å². The van der Waals surface area contributed by atoms with Crippen LogP contribution in [-0.2, 0) is 4.79 Å². The van der Waals surface area contributed by atoms with Crippen molar-refractivity contribution in [3.8, 4) is 5.75 Å². The third-order valence-electron chi connectivity index (χ3n) is 2.83. The zero-order valence-corrected chi connectivity index (χ0v) is 12.0. The second kappa shape index (κ2) is 7.19. The molecule has 1 N–H and O–H groups in total. The van der Waals surface area contributed by atoms with E-state index in [0.29, 0.717) is 5.69 Å². The molecular formula is C16H17N3O2. The number of nitrogens with one attached hydrogen (secondary N) is 1. The summed E-state index contributed by atoms with van der Waals surface area (Å²) in [5.41, 5.74) is 5.08. The van der Waals surface area contributed by atoms with Gasteiger partial charge in [0.15, 0.2) is 6.61 Å². The average Bonchev–Trinajstić information content (AvgIpc) is 2.48. The van der Waals surface area contributed by atoms with Gasteiger partial charge in [0, 0.05) is 6.20 Å². The van der Waals surface area contributed by atoms with E-state index in [1.165, 1.54) is 6.21 Å². The van der Waals surface area contributed by atoms with Crippen molar-refractivity contribution in [2.75, 3.05) is 6.61 Å². The molecule has 0 aliphatic heterocycles. The minimum Gasteiger partial charge on any atom is -0.483 e. The third-order valence-corrected chi connectivity index (χ3v) is 2.83. The summed E-state index contributed by atoms with van der Waals surface area (Å²) in [6.45, 7) is 3.81. The van der Waals surface area contributed by atoms with E-state index in [1.54, 1.807) is 12.3 Å². The van der Waals surface area contributed by atoms with E-state index in [4.69, 9.17) is 4.74 Å². The van der Waals surface area contributed by atoms with Crippen molar-refractivity contribution in [3.63, 3.8) is 0 Å². The van der Waals surface area contributed by atoms with E-state index in [9.17, 15) is 4.79 Å². The van der Waals surface area contributed by atoms with Crippen LogP contribution in [0.3, 0.4) is 0 Å². The van der Waals surface area contributed by atoms with Crippen molar-refractivity contribution < 1.29 is 9.53 Å². The highest BCUT2D eigenvalue weighted by Gasteiger charge is 2.06. The van der Waals surface area contributed by atoms with Crippen LogP contribution in [0.5, 0.6) is 5.75 Å². The van der Waals surface area contributed by atoms with Crippen LogP contribution in [0.1, 0.15) is 16.8 Å². The van der Waals surface area contributed by atoms with Crippen molar-refractivity contribution in [1.82, 2.24) is 10.4 Å². The highest BCUT2D eigenvalue weighted by Crippen LogP contribution is 2.21. The molecule has 2 rings (SSSR count). The molecule has 21 heavy (non-hydrogen) atoms. The molecule has 5 heteroatoms. The van der Waals surface area contributed by atoms with Crippen molar-refractivity contribution in [3.05, 3.63) is 59.4 Å². The molecule has 1 aromatic heterocycles. The average molecular weight is 283 g/mol. The first kappa shape index (κ1) is 14.7. The number of nitrogens with zero attached hydrogens (tertiary/aromatic N) is 2. The predicted molar refractivity (Wildman–Crippen MR) is 81.4 cm³/mol. The molecule has 1 aromatic carbocycles. The molecule has 0 saturated heterocycles. The highest BCUT2D eigenvalue weighted by atomic mass is 16.5. The number of pyridine rings is 1.